The van der Waals surface area contributed by atoms with Gasteiger partial charge in [0.25, 0.3) is 0 Å². The second-order valence-electron chi connectivity index (χ2n) is 12.5. The van der Waals surface area contributed by atoms with Gasteiger partial charge in [-0.3, -0.25) is 33.6 Å². The number of hydrogen-bond acceptors (Lipinski definition) is 14. The lowest BCUT2D eigenvalue weighted by Crippen LogP contribution is -2.63. The standard InChI is InChI=1S/C30H55N9O13/c1-13(2)21(37-25(46)18(11-40)35-24(45)16(32)8-9-20(33)44)27(48)39-23(15(4)43)29(50)36-19(12-41)26(47)38-22(14(3)42)28(49)34-17(30(51)52)7-5-6-10-31/h13-19,21-23,40-43H,5-12,31-32H2,1-4H3,(H2,33,44)(H,34,49)(H,35,45)(H,36,50)(H,37,46)(H,38,47)(H,39,48)(H,51,52)/t14-,15-,16+,17+,18+,19+,21+,22+,23+/m1/s1. The second-order valence-corrected chi connectivity index (χ2v) is 12.5. The van der Waals surface area contributed by atoms with Gasteiger partial charge in [-0.1, -0.05) is 13.8 Å². The molecule has 0 aromatic carbocycles. The van der Waals surface area contributed by atoms with E-state index in [0.29, 0.717) is 19.4 Å². The number of aliphatic hydroxyl groups is 4. The molecule has 0 radical (unpaired) electrons. The molecule has 0 unspecified atom stereocenters. The van der Waals surface area contributed by atoms with Gasteiger partial charge in [-0.2, -0.15) is 0 Å². The number of aliphatic carboxylic acids is 1. The minimum absolute atomic E-state index is 0.00877. The summed E-state index contributed by atoms with van der Waals surface area (Å²) in [4.78, 5) is 100. The summed E-state index contributed by atoms with van der Waals surface area (Å²) in [6, 6.07) is -10.9. The van der Waals surface area contributed by atoms with E-state index in [-0.39, 0.29) is 19.3 Å². The molecule has 22 heteroatoms. The van der Waals surface area contributed by atoms with Gasteiger partial charge in [-0.15, -0.1) is 0 Å². The Bertz CT molecular complexity index is 1230. The van der Waals surface area contributed by atoms with Crippen molar-refractivity contribution in [3.05, 3.63) is 0 Å². The maximum atomic E-state index is 13.3. The van der Waals surface area contributed by atoms with Gasteiger partial charge in [0.2, 0.25) is 41.4 Å². The summed E-state index contributed by atoms with van der Waals surface area (Å²) in [6.45, 7) is 3.57. The van der Waals surface area contributed by atoms with Crippen LogP contribution in [0.25, 0.3) is 0 Å². The van der Waals surface area contributed by atoms with Crippen molar-refractivity contribution in [2.24, 2.45) is 23.1 Å². The maximum absolute atomic E-state index is 13.3. The third-order valence-corrected chi connectivity index (χ3v) is 7.60. The first-order valence-corrected chi connectivity index (χ1v) is 16.6. The van der Waals surface area contributed by atoms with Crippen molar-refractivity contribution in [2.45, 2.75) is 114 Å². The van der Waals surface area contributed by atoms with Crippen LogP contribution >= 0.6 is 0 Å². The van der Waals surface area contributed by atoms with E-state index in [4.69, 9.17) is 17.2 Å². The molecule has 0 fully saturated rings. The number of nitrogens with one attached hydrogen (secondary N) is 6. The Morgan fingerprint density at radius 2 is 0.981 bits per heavy atom. The van der Waals surface area contributed by atoms with Gasteiger partial charge in [0.05, 0.1) is 31.5 Å². The first-order chi connectivity index (χ1) is 24.2. The molecular weight excluding hydrogens is 694 g/mol. The fraction of sp³-hybridized carbons (Fsp3) is 0.733. The summed E-state index contributed by atoms with van der Waals surface area (Å²) in [6.07, 6.45) is -2.69. The molecular formula is C30H55N9O13. The summed E-state index contributed by atoms with van der Waals surface area (Å²) >= 11 is 0. The molecule has 0 saturated heterocycles. The van der Waals surface area contributed by atoms with Gasteiger partial charge >= 0.3 is 5.97 Å². The zero-order valence-corrected chi connectivity index (χ0v) is 29.7. The van der Waals surface area contributed by atoms with Crippen molar-refractivity contribution in [2.75, 3.05) is 19.8 Å². The SMILES string of the molecule is CC(C)[C@H](NC(=O)[C@H](CO)NC(=O)[C@@H](N)CCC(N)=O)C(=O)N[C@H](C(=O)N[C@@H](CO)C(=O)N[C@H](C(=O)N[C@@H](CCCCN)C(=O)O)[C@@H](C)O)[C@@H](C)O. The van der Waals surface area contributed by atoms with Crippen LogP contribution in [0.4, 0.5) is 0 Å². The van der Waals surface area contributed by atoms with Gasteiger partial charge in [-0.25, -0.2) is 4.79 Å². The Labute approximate surface area is 300 Å². The summed E-state index contributed by atoms with van der Waals surface area (Å²) in [5.74, 6) is -9.14. The Kier molecular flexibility index (Phi) is 21.8. The zero-order chi connectivity index (χ0) is 40.3. The van der Waals surface area contributed by atoms with Crippen molar-refractivity contribution in [1.82, 2.24) is 31.9 Å². The second kappa shape index (κ2) is 23.9. The molecule has 0 bridgehead atoms. The van der Waals surface area contributed by atoms with Gasteiger partial charge < -0.3 is 74.6 Å². The van der Waals surface area contributed by atoms with E-state index in [1.807, 2.05) is 0 Å². The van der Waals surface area contributed by atoms with E-state index >= 15 is 0 Å². The number of rotatable bonds is 25. The average molecular weight is 750 g/mol. The predicted molar refractivity (Wildman–Crippen MR) is 181 cm³/mol. The highest BCUT2D eigenvalue weighted by atomic mass is 16.4. The average Bonchev–Trinajstić information content (AvgIpc) is 3.06. The monoisotopic (exact) mass is 749 g/mol. The minimum atomic E-state index is -1.80. The molecule has 0 aliphatic carbocycles. The third-order valence-electron chi connectivity index (χ3n) is 7.60. The molecule has 0 aliphatic heterocycles. The fourth-order valence-corrected chi connectivity index (χ4v) is 4.47. The molecule has 0 saturated carbocycles. The minimum Gasteiger partial charge on any atom is -0.480 e. The highest BCUT2D eigenvalue weighted by Crippen LogP contribution is 2.07. The number of hydrogen-bond donors (Lipinski definition) is 14. The lowest BCUT2D eigenvalue weighted by molar-refractivity contribution is -0.143. The van der Waals surface area contributed by atoms with Crippen LogP contribution in [0, 0.1) is 5.92 Å². The van der Waals surface area contributed by atoms with Gasteiger partial charge in [-0.05, 0) is 52.0 Å². The van der Waals surface area contributed by atoms with Gasteiger partial charge in [0, 0.05) is 6.42 Å². The van der Waals surface area contributed by atoms with E-state index in [9.17, 15) is 63.9 Å². The van der Waals surface area contributed by atoms with Crippen molar-refractivity contribution >= 4 is 47.3 Å². The normalized spacial score (nSPS) is 16.4. The van der Waals surface area contributed by atoms with E-state index in [1.165, 1.54) is 13.8 Å². The molecule has 22 nitrogen and oxygen atoms in total. The summed E-state index contributed by atoms with van der Waals surface area (Å²) in [7, 11) is 0. The first-order valence-electron chi connectivity index (χ1n) is 16.6. The molecule has 298 valence electrons. The number of carboxylic acids is 1. The Balaban J connectivity index is 5.74. The van der Waals surface area contributed by atoms with Crippen LogP contribution in [-0.4, -0.2) is 147 Å². The quantitative estimate of drug-likeness (QED) is 0.0386. The van der Waals surface area contributed by atoms with E-state index in [0.717, 1.165) is 13.8 Å². The molecule has 0 rings (SSSR count). The molecule has 7 amide bonds. The molecule has 0 aliphatic rings. The van der Waals surface area contributed by atoms with Gasteiger partial charge in [0.15, 0.2) is 0 Å². The number of carbonyl (C=O) groups is 8. The number of unbranched alkanes of at least 4 members (excludes halogenated alkanes) is 1. The Hall–Kier alpha value is -4.48. The lowest BCUT2D eigenvalue weighted by Gasteiger charge is -2.29. The number of nitrogens with two attached hydrogens (primary N) is 3. The first kappa shape index (κ1) is 47.5. The van der Waals surface area contributed by atoms with E-state index < -0.39 is 121 Å². The summed E-state index contributed by atoms with van der Waals surface area (Å²) in [5.41, 5.74) is 16.1. The number of primary amides is 1. The molecule has 0 spiro atoms. The van der Waals surface area contributed by atoms with Crippen LogP contribution in [0.2, 0.25) is 0 Å². The third kappa shape index (κ3) is 16.7. The highest BCUT2D eigenvalue weighted by molar-refractivity contribution is 5.97. The highest BCUT2D eigenvalue weighted by Gasteiger charge is 2.36. The smallest absolute Gasteiger partial charge is 0.326 e. The topological polar surface area (TPSA) is 388 Å². The molecule has 17 N–H and O–H groups in total. The number of aliphatic hydroxyl groups excluding tert-OH is 4. The summed E-state index contributed by atoms with van der Waals surface area (Å²) in [5, 5.41) is 62.7. The zero-order valence-electron chi connectivity index (χ0n) is 29.7. The molecule has 0 heterocycles. The maximum Gasteiger partial charge on any atom is 0.326 e. The number of carbonyl (C=O) groups excluding carboxylic acids is 7. The van der Waals surface area contributed by atoms with Crippen molar-refractivity contribution < 1.29 is 63.9 Å². The largest absolute Gasteiger partial charge is 0.480 e. The Morgan fingerprint density at radius 1 is 0.577 bits per heavy atom. The van der Waals surface area contributed by atoms with Crippen molar-refractivity contribution in [3.63, 3.8) is 0 Å². The van der Waals surface area contributed by atoms with Crippen LogP contribution in [0.1, 0.15) is 59.8 Å². The fourth-order valence-electron chi connectivity index (χ4n) is 4.47. The molecule has 0 aromatic heterocycles. The van der Waals surface area contributed by atoms with Crippen LogP contribution in [0.15, 0.2) is 0 Å². The molecule has 52 heavy (non-hydrogen) atoms. The van der Waals surface area contributed by atoms with Crippen molar-refractivity contribution in [3.8, 4) is 0 Å². The molecule has 0 aromatic rings. The van der Waals surface area contributed by atoms with Crippen LogP contribution in [0.5, 0.6) is 0 Å². The number of amides is 7. The van der Waals surface area contributed by atoms with Crippen LogP contribution in [-0.2, 0) is 38.4 Å². The lowest BCUT2D eigenvalue weighted by atomic mass is 10.0. The van der Waals surface area contributed by atoms with Gasteiger partial charge in [0.1, 0.15) is 36.3 Å². The van der Waals surface area contributed by atoms with Crippen LogP contribution in [0.3, 0.4) is 0 Å². The Morgan fingerprint density at radius 3 is 1.37 bits per heavy atom. The summed E-state index contributed by atoms with van der Waals surface area (Å²) < 4.78 is 0. The predicted octanol–water partition coefficient (Wildman–Crippen LogP) is -6.90. The number of carboxylic acid groups (broad SMARTS) is 1. The van der Waals surface area contributed by atoms with Crippen molar-refractivity contribution in [1.29, 1.82) is 0 Å². The molecule has 9 atom stereocenters. The van der Waals surface area contributed by atoms with Crippen LogP contribution < -0.4 is 49.1 Å². The van der Waals surface area contributed by atoms with E-state index in [2.05, 4.69) is 31.9 Å². The van der Waals surface area contributed by atoms with E-state index in [1.54, 1.807) is 0 Å².